The monoisotopic (exact) mass is 303 g/mol. The molecule has 22 heavy (non-hydrogen) atoms. The lowest BCUT2D eigenvalue weighted by molar-refractivity contribution is -0.311. The van der Waals surface area contributed by atoms with Gasteiger partial charge in [0.25, 0.3) is 0 Å². The van der Waals surface area contributed by atoms with Crippen LogP contribution in [0.25, 0.3) is 0 Å². The van der Waals surface area contributed by atoms with Crippen LogP contribution in [0.2, 0.25) is 0 Å². The molecule has 0 aromatic carbocycles. The molecule has 3 saturated carbocycles. The number of hydrogen-bond acceptors (Lipinski definition) is 5. The second-order valence-electron chi connectivity index (χ2n) is 7.17. The quantitative estimate of drug-likeness (QED) is 0.437. The molecule has 2 bridgehead atoms. The fourth-order valence-electron chi connectivity index (χ4n) is 6.74. The Labute approximate surface area is 127 Å². The second-order valence-corrected chi connectivity index (χ2v) is 7.17. The Kier molecular flexibility index (Phi) is 1.95. The third-order valence-electron chi connectivity index (χ3n) is 7.19. The Morgan fingerprint density at radius 3 is 2.14 bits per heavy atom. The molecule has 0 radical (unpaired) electrons. The van der Waals surface area contributed by atoms with Crippen molar-refractivity contribution in [3.05, 3.63) is 12.2 Å². The number of β-lactam (4-membered cyclic amide) rings is 1. The maximum Gasteiger partial charge on any atom is 0.313 e. The summed E-state index contributed by atoms with van der Waals surface area (Å²) in [6.45, 7) is 0. The average Bonchev–Trinajstić information content (AvgIpc) is 3.06. The molecule has 5 rings (SSSR count). The molecule has 1 heterocycles. The van der Waals surface area contributed by atoms with Gasteiger partial charge in [0.1, 0.15) is 0 Å². The molecule has 0 aromatic rings. The number of methoxy groups -OCH3 is 2. The number of hydrogen-bond donors (Lipinski definition) is 1. The summed E-state index contributed by atoms with van der Waals surface area (Å²) < 4.78 is 10.2. The van der Waals surface area contributed by atoms with Crippen LogP contribution >= 0.6 is 0 Å². The summed E-state index contributed by atoms with van der Waals surface area (Å²) in [5.74, 6) is -0.929. The first kappa shape index (κ1) is 12.7. The third-order valence-corrected chi connectivity index (χ3v) is 7.19. The van der Waals surface area contributed by atoms with Gasteiger partial charge in [-0.1, -0.05) is 12.2 Å². The van der Waals surface area contributed by atoms with Crippen molar-refractivity contribution in [2.45, 2.75) is 12.5 Å². The topological polar surface area (TPSA) is 81.7 Å². The summed E-state index contributed by atoms with van der Waals surface area (Å²) in [6.07, 6.45) is 4.85. The van der Waals surface area contributed by atoms with Gasteiger partial charge in [-0.25, -0.2) is 0 Å². The number of ether oxygens (including phenoxy) is 2. The van der Waals surface area contributed by atoms with Crippen LogP contribution < -0.4 is 5.32 Å². The Morgan fingerprint density at radius 2 is 1.64 bits per heavy atom. The molecule has 5 aliphatic rings. The van der Waals surface area contributed by atoms with Gasteiger partial charge >= 0.3 is 11.9 Å². The number of esters is 2. The van der Waals surface area contributed by atoms with Crippen LogP contribution in [-0.4, -0.2) is 38.1 Å². The molecule has 1 aliphatic heterocycles. The largest absolute Gasteiger partial charge is 0.469 e. The number of piperidine rings is 1. The van der Waals surface area contributed by atoms with E-state index < -0.39 is 10.8 Å². The van der Waals surface area contributed by atoms with Crippen LogP contribution in [0.1, 0.15) is 6.42 Å². The molecule has 6 nitrogen and oxygen atoms in total. The van der Waals surface area contributed by atoms with Crippen molar-refractivity contribution < 1.29 is 23.9 Å². The van der Waals surface area contributed by atoms with E-state index in [-0.39, 0.29) is 53.5 Å². The van der Waals surface area contributed by atoms with E-state index in [4.69, 9.17) is 9.47 Å². The van der Waals surface area contributed by atoms with E-state index in [2.05, 4.69) is 5.32 Å². The molecule has 0 unspecified atom stereocenters. The molecule has 1 amide bonds. The van der Waals surface area contributed by atoms with Gasteiger partial charge in [0.05, 0.1) is 31.0 Å². The number of amides is 1. The summed E-state index contributed by atoms with van der Waals surface area (Å²) in [5, 5.41) is 2.90. The lowest BCUT2D eigenvalue weighted by atomic mass is 9.23. The molecule has 0 spiro atoms. The van der Waals surface area contributed by atoms with Gasteiger partial charge in [-0.3, -0.25) is 14.4 Å². The van der Waals surface area contributed by atoms with E-state index in [9.17, 15) is 14.4 Å². The summed E-state index contributed by atoms with van der Waals surface area (Å²) >= 11 is 0. The SMILES string of the molecule is COC(=O)[C@@]12[C@H]3[C@@H]4NC(=O)[C@@H]4[C@H]3[C@]1(C(=O)OC)[C@@H]1C=C[C@H]2C1. The lowest BCUT2D eigenvalue weighted by Gasteiger charge is -2.79. The number of carbonyl (C=O) groups is 3. The van der Waals surface area contributed by atoms with Gasteiger partial charge in [-0.05, 0) is 24.2 Å². The number of nitrogens with one attached hydrogen (secondary N) is 1. The summed E-state index contributed by atoms with van der Waals surface area (Å²) in [7, 11) is 2.73. The van der Waals surface area contributed by atoms with Crippen LogP contribution in [0.3, 0.4) is 0 Å². The van der Waals surface area contributed by atoms with Crippen molar-refractivity contribution in [2.24, 2.45) is 40.4 Å². The highest BCUT2D eigenvalue weighted by Gasteiger charge is 2.95. The van der Waals surface area contributed by atoms with Crippen LogP contribution in [0.4, 0.5) is 0 Å². The zero-order chi connectivity index (χ0) is 15.4. The van der Waals surface area contributed by atoms with Crippen molar-refractivity contribution in [1.29, 1.82) is 0 Å². The van der Waals surface area contributed by atoms with Crippen LogP contribution in [-0.2, 0) is 23.9 Å². The van der Waals surface area contributed by atoms with Crippen molar-refractivity contribution in [3.8, 4) is 0 Å². The van der Waals surface area contributed by atoms with E-state index >= 15 is 0 Å². The van der Waals surface area contributed by atoms with Crippen molar-refractivity contribution in [3.63, 3.8) is 0 Å². The lowest BCUT2D eigenvalue weighted by Crippen LogP contribution is -2.92. The second kappa shape index (κ2) is 3.39. The number of fused-ring (bicyclic) bond motifs is 11. The highest BCUT2D eigenvalue weighted by molar-refractivity contribution is 6.00. The standard InChI is InChI=1S/C16H17NO5/c1-21-13(19)15-6-3-4-7(5-6)16(15,14(20)22-2)10-9(15)8-11(10)17-12(8)18/h3-4,6-11H,5H2,1-2H3,(H,17,18)/t6-,7+,8-,9-,10-,11-,15+,16-/m1/s1. The predicted molar refractivity (Wildman–Crippen MR) is 72.0 cm³/mol. The molecule has 1 saturated heterocycles. The molecular weight excluding hydrogens is 286 g/mol. The Bertz CT molecular complexity index is 671. The minimum atomic E-state index is -0.905. The molecule has 1 N–H and O–H groups in total. The zero-order valence-corrected chi connectivity index (χ0v) is 12.4. The maximum absolute atomic E-state index is 12.8. The number of allylic oxidation sites excluding steroid dienone is 2. The van der Waals surface area contributed by atoms with Gasteiger partial charge in [0.2, 0.25) is 5.91 Å². The van der Waals surface area contributed by atoms with Crippen LogP contribution in [0, 0.1) is 40.4 Å². The first-order valence-electron chi connectivity index (χ1n) is 7.72. The Morgan fingerprint density at radius 1 is 1.09 bits per heavy atom. The van der Waals surface area contributed by atoms with Gasteiger partial charge in [0, 0.05) is 12.0 Å². The van der Waals surface area contributed by atoms with Crippen molar-refractivity contribution >= 4 is 17.8 Å². The first-order valence-corrected chi connectivity index (χ1v) is 7.72. The smallest absolute Gasteiger partial charge is 0.313 e. The molecular formula is C16H17NO5. The van der Waals surface area contributed by atoms with Crippen molar-refractivity contribution in [2.75, 3.05) is 14.2 Å². The Hall–Kier alpha value is -1.85. The molecule has 0 aromatic heterocycles. The normalized spacial score (nSPS) is 54.7. The highest BCUT2D eigenvalue weighted by Crippen LogP contribution is 2.86. The maximum atomic E-state index is 12.8. The van der Waals surface area contributed by atoms with Gasteiger partial charge in [-0.2, -0.15) is 0 Å². The van der Waals surface area contributed by atoms with Crippen LogP contribution in [0.5, 0.6) is 0 Å². The summed E-state index contributed by atoms with van der Waals surface area (Å²) in [5.41, 5.74) is -1.76. The van der Waals surface area contributed by atoms with E-state index in [0.29, 0.717) is 0 Å². The number of rotatable bonds is 2. The first-order chi connectivity index (χ1) is 10.6. The van der Waals surface area contributed by atoms with E-state index in [1.54, 1.807) is 0 Å². The molecule has 8 atom stereocenters. The third kappa shape index (κ3) is 0.831. The predicted octanol–water partition coefficient (Wildman–Crippen LogP) is -0.115. The van der Waals surface area contributed by atoms with Crippen molar-refractivity contribution in [1.82, 2.24) is 5.32 Å². The van der Waals surface area contributed by atoms with Gasteiger partial charge in [0.15, 0.2) is 0 Å². The van der Waals surface area contributed by atoms with E-state index in [0.717, 1.165) is 6.42 Å². The van der Waals surface area contributed by atoms with E-state index in [1.165, 1.54) is 14.2 Å². The molecule has 6 heteroatoms. The fraction of sp³-hybridized carbons (Fsp3) is 0.688. The average molecular weight is 303 g/mol. The Balaban J connectivity index is 1.73. The van der Waals surface area contributed by atoms with Gasteiger partial charge < -0.3 is 14.8 Å². The molecule has 4 aliphatic carbocycles. The minimum Gasteiger partial charge on any atom is -0.469 e. The van der Waals surface area contributed by atoms with Gasteiger partial charge in [-0.15, -0.1) is 0 Å². The highest BCUT2D eigenvalue weighted by atomic mass is 16.5. The summed E-state index contributed by atoms with van der Waals surface area (Å²) in [6, 6.07) is 0.0159. The van der Waals surface area contributed by atoms with E-state index in [1.807, 2.05) is 12.2 Å². The number of carbonyl (C=O) groups excluding carboxylic acids is 3. The minimum absolute atomic E-state index is 0.000234. The summed E-state index contributed by atoms with van der Waals surface area (Å²) in [4.78, 5) is 37.5. The zero-order valence-electron chi connectivity index (χ0n) is 12.4. The van der Waals surface area contributed by atoms with Crippen LogP contribution in [0.15, 0.2) is 12.2 Å². The molecule has 4 fully saturated rings. The molecule has 116 valence electrons. The fourth-order valence-corrected chi connectivity index (χ4v) is 6.74.